The summed E-state index contributed by atoms with van der Waals surface area (Å²) in [5.41, 5.74) is 0.471. The lowest BCUT2D eigenvalue weighted by molar-refractivity contribution is -0.127. The minimum absolute atomic E-state index is 0.00736. The summed E-state index contributed by atoms with van der Waals surface area (Å²) in [5.74, 6) is -0.132. The number of carbonyl (C=O) groups is 1. The number of aromatic nitrogens is 5. The van der Waals surface area contributed by atoms with Crippen molar-refractivity contribution >= 4 is 39.5 Å². The third-order valence-corrected chi connectivity index (χ3v) is 10.6. The molecule has 0 aliphatic carbocycles. The first-order valence-electron chi connectivity index (χ1n) is 17.3. The molecule has 0 unspecified atom stereocenters. The maximum atomic E-state index is 16.9. The van der Waals surface area contributed by atoms with Crippen molar-refractivity contribution in [3.05, 3.63) is 84.1 Å². The molecule has 14 heteroatoms. The van der Waals surface area contributed by atoms with E-state index in [1.807, 2.05) is 18.2 Å². The van der Waals surface area contributed by atoms with Crippen molar-refractivity contribution in [2.24, 2.45) is 0 Å². The number of amides is 1. The number of rotatable bonds is 8. The summed E-state index contributed by atoms with van der Waals surface area (Å²) in [4.78, 5) is 39.2. The number of hydrogen-bond acceptors (Lipinski definition) is 9. The van der Waals surface area contributed by atoms with Crippen LogP contribution >= 0.6 is 0 Å². The summed E-state index contributed by atoms with van der Waals surface area (Å²) < 4.78 is 68.5. The van der Waals surface area contributed by atoms with E-state index < -0.39 is 41.5 Å². The maximum absolute atomic E-state index is 16.9. The minimum Gasteiger partial charge on any atom is -0.461 e. The lowest BCUT2D eigenvalue weighted by Gasteiger charge is -2.31. The maximum Gasteiger partial charge on any atom is 0.319 e. The lowest BCUT2D eigenvalue weighted by Crippen LogP contribution is -2.43. The molecule has 0 saturated carbocycles. The van der Waals surface area contributed by atoms with Crippen molar-refractivity contribution in [3.63, 3.8) is 0 Å². The van der Waals surface area contributed by atoms with Gasteiger partial charge in [0.25, 0.3) is 5.91 Å². The summed E-state index contributed by atoms with van der Waals surface area (Å²) in [6, 6.07) is 9.66. The van der Waals surface area contributed by atoms with Crippen LogP contribution in [0.5, 0.6) is 6.01 Å². The molecule has 8 rings (SSSR count). The number of ether oxygens (including phenoxy) is 1. The van der Waals surface area contributed by atoms with Crippen molar-refractivity contribution in [2.75, 3.05) is 44.7 Å². The van der Waals surface area contributed by atoms with Gasteiger partial charge in [0, 0.05) is 67.7 Å². The first kappa shape index (κ1) is 34.4. The molecule has 0 spiro atoms. The Bertz CT molecular complexity index is 2300. The van der Waals surface area contributed by atoms with Gasteiger partial charge in [-0.1, -0.05) is 36.3 Å². The van der Waals surface area contributed by atoms with E-state index in [1.54, 1.807) is 25.2 Å². The molecule has 3 aliphatic rings. The summed E-state index contributed by atoms with van der Waals surface area (Å²) >= 11 is 0. The summed E-state index contributed by atoms with van der Waals surface area (Å²) in [7, 11) is 1.56. The second-order valence-electron chi connectivity index (χ2n) is 13.8. The molecule has 0 radical (unpaired) electrons. The zero-order chi connectivity index (χ0) is 36.9. The van der Waals surface area contributed by atoms with Crippen LogP contribution in [0.2, 0.25) is 0 Å². The van der Waals surface area contributed by atoms with Crippen LogP contribution in [-0.4, -0.2) is 104 Å². The Kier molecular flexibility index (Phi) is 8.90. The highest BCUT2D eigenvalue weighted by Crippen LogP contribution is 2.41. The van der Waals surface area contributed by atoms with Gasteiger partial charge in [-0.2, -0.15) is 9.97 Å². The Balaban J connectivity index is 1.18. The van der Waals surface area contributed by atoms with E-state index in [1.165, 1.54) is 29.7 Å². The summed E-state index contributed by atoms with van der Waals surface area (Å²) in [6.45, 7) is 0.543. The van der Waals surface area contributed by atoms with Gasteiger partial charge in [-0.25, -0.2) is 17.6 Å². The number of terminal acetylenes is 1. The smallest absolute Gasteiger partial charge is 0.319 e. The van der Waals surface area contributed by atoms with Crippen LogP contribution in [0.1, 0.15) is 30.5 Å². The standard InChI is InChI=1S/C39H34F4N8O2/c1-3-23-7-4-8-24-9-5-10-27(32(23)24)34-33(43)35-28(18-46-34)36(48-38(47-35)53-22-39-11-6-14-51(39)19-25(40)16-39)49(2)31-21-50(20-30(31)42)37(52)29(41)15-26-17-44-12-13-45-26/h1,4-5,7-10,12-13,15,17-18,25,30-31H,6,11,14,16,19-22H2,2H3/b29-15-/t25-,30-,31+,39+/m1/s1. The first-order valence-corrected chi connectivity index (χ1v) is 17.3. The number of hydrogen-bond donors (Lipinski definition) is 0. The molecule has 270 valence electrons. The Morgan fingerprint density at radius 1 is 1.11 bits per heavy atom. The fraction of sp³-hybridized carbons (Fsp3) is 0.333. The fourth-order valence-corrected chi connectivity index (χ4v) is 8.01. The van der Waals surface area contributed by atoms with Crippen LogP contribution in [0.4, 0.5) is 23.4 Å². The van der Waals surface area contributed by atoms with Gasteiger partial charge in [0.15, 0.2) is 11.6 Å². The second-order valence-corrected chi connectivity index (χ2v) is 13.8. The normalized spacial score (nSPS) is 23.1. The zero-order valence-corrected chi connectivity index (χ0v) is 28.7. The van der Waals surface area contributed by atoms with Crippen LogP contribution in [0.15, 0.2) is 67.0 Å². The molecule has 6 heterocycles. The summed E-state index contributed by atoms with van der Waals surface area (Å²) in [5, 5.41) is 1.60. The Hall–Kier alpha value is -5.68. The first-order chi connectivity index (χ1) is 25.7. The highest BCUT2D eigenvalue weighted by Gasteiger charge is 2.49. The second kappa shape index (κ2) is 13.7. The largest absolute Gasteiger partial charge is 0.461 e. The lowest BCUT2D eigenvalue weighted by atomic mass is 9.95. The average Bonchev–Trinajstić information content (AvgIpc) is 3.84. The third-order valence-electron chi connectivity index (χ3n) is 10.6. The Morgan fingerprint density at radius 2 is 1.94 bits per heavy atom. The van der Waals surface area contributed by atoms with Crippen molar-refractivity contribution in [1.82, 2.24) is 34.7 Å². The van der Waals surface area contributed by atoms with E-state index in [0.717, 1.165) is 35.7 Å². The monoisotopic (exact) mass is 722 g/mol. The van der Waals surface area contributed by atoms with E-state index in [9.17, 15) is 9.18 Å². The van der Waals surface area contributed by atoms with Crippen LogP contribution in [0.25, 0.3) is 39.0 Å². The average molecular weight is 723 g/mol. The van der Waals surface area contributed by atoms with Gasteiger partial charge in [0.1, 0.15) is 36.0 Å². The van der Waals surface area contributed by atoms with Crippen molar-refractivity contribution < 1.29 is 27.1 Å². The van der Waals surface area contributed by atoms with Gasteiger partial charge < -0.3 is 14.5 Å². The number of likely N-dealkylation sites (N-methyl/N-ethyl adjacent to an activating group) is 1. The number of likely N-dealkylation sites (tertiary alicyclic amines) is 1. The van der Waals surface area contributed by atoms with Gasteiger partial charge >= 0.3 is 6.01 Å². The molecule has 10 nitrogen and oxygen atoms in total. The summed E-state index contributed by atoms with van der Waals surface area (Å²) in [6.07, 6.45) is 11.6. The molecule has 2 aromatic carbocycles. The molecule has 4 atom stereocenters. The number of benzene rings is 2. The number of pyridine rings is 1. The van der Waals surface area contributed by atoms with Crippen LogP contribution in [0, 0.1) is 18.2 Å². The number of carbonyl (C=O) groups excluding carboxylic acids is 1. The van der Waals surface area contributed by atoms with E-state index >= 15 is 13.2 Å². The van der Waals surface area contributed by atoms with Gasteiger partial charge in [-0.05, 0) is 30.8 Å². The number of alkyl halides is 2. The molecule has 1 amide bonds. The van der Waals surface area contributed by atoms with Crippen LogP contribution in [0.3, 0.4) is 0 Å². The Labute approximate surface area is 302 Å². The predicted molar refractivity (Wildman–Crippen MR) is 191 cm³/mol. The number of anilines is 1. The molecule has 53 heavy (non-hydrogen) atoms. The highest BCUT2D eigenvalue weighted by molar-refractivity contribution is 6.02. The zero-order valence-electron chi connectivity index (χ0n) is 28.7. The van der Waals surface area contributed by atoms with Crippen LogP contribution < -0.4 is 9.64 Å². The molecule has 0 N–H and O–H groups in total. The van der Waals surface area contributed by atoms with Crippen molar-refractivity contribution in [3.8, 4) is 29.6 Å². The molecular formula is C39H34F4N8O2. The quantitative estimate of drug-likeness (QED) is 0.113. The fourth-order valence-electron chi connectivity index (χ4n) is 8.01. The topological polar surface area (TPSA) is 100 Å². The highest BCUT2D eigenvalue weighted by atomic mass is 19.1. The van der Waals surface area contributed by atoms with E-state index in [0.29, 0.717) is 29.5 Å². The number of nitrogens with zero attached hydrogens (tertiary/aromatic N) is 8. The van der Waals surface area contributed by atoms with Crippen molar-refractivity contribution in [2.45, 2.75) is 43.2 Å². The van der Waals surface area contributed by atoms with Gasteiger partial charge in [-0.3, -0.25) is 24.6 Å². The molecule has 3 fully saturated rings. The molecule has 0 bridgehead atoms. The molecule has 3 aromatic heterocycles. The molecular weight excluding hydrogens is 688 g/mol. The SMILES string of the molecule is C#Cc1cccc2cccc(-c3ncc4c(N(C)[C@H]5CN(C(=O)/C(F)=C/c6cnccn6)C[C@H]5F)nc(OC[C@@]56CCCN5C[C@H](F)C6)nc4c3F)c12. The van der Waals surface area contributed by atoms with Gasteiger partial charge in [-0.15, -0.1) is 6.42 Å². The third kappa shape index (κ3) is 6.18. The molecule has 5 aromatic rings. The van der Waals surface area contributed by atoms with Crippen LogP contribution in [-0.2, 0) is 4.79 Å². The van der Waals surface area contributed by atoms with Gasteiger partial charge in [0.2, 0.25) is 0 Å². The predicted octanol–water partition coefficient (Wildman–Crippen LogP) is 5.71. The molecule has 3 aliphatic heterocycles. The van der Waals surface area contributed by atoms with Crippen molar-refractivity contribution in [1.29, 1.82) is 0 Å². The van der Waals surface area contributed by atoms with Gasteiger partial charge in [0.05, 0.1) is 35.4 Å². The van der Waals surface area contributed by atoms with E-state index in [4.69, 9.17) is 11.2 Å². The minimum atomic E-state index is -1.62. The van der Waals surface area contributed by atoms with E-state index in [-0.39, 0.29) is 53.8 Å². The number of halogens is 4. The molecule has 3 saturated heterocycles. The Morgan fingerprint density at radius 3 is 2.74 bits per heavy atom. The number of fused-ring (bicyclic) bond motifs is 3. The van der Waals surface area contributed by atoms with E-state index in [2.05, 4.69) is 35.7 Å².